The van der Waals surface area contributed by atoms with Gasteiger partial charge in [-0.15, -0.1) is 0 Å². The molecule has 0 saturated heterocycles. The van der Waals surface area contributed by atoms with Crippen LogP contribution in [0.2, 0.25) is 51.4 Å². The summed E-state index contributed by atoms with van der Waals surface area (Å²) < 4.78 is 64.0. The first-order valence-electron chi connectivity index (χ1n) is 24.3. The van der Waals surface area contributed by atoms with Crippen molar-refractivity contribution in [2.24, 2.45) is 0 Å². The van der Waals surface area contributed by atoms with Crippen LogP contribution in [0.3, 0.4) is 0 Å². The van der Waals surface area contributed by atoms with Gasteiger partial charge in [0.1, 0.15) is 59.4 Å². The van der Waals surface area contributed by atoms with E-state index >= 15 is 0 Å². The summed E-state index contributed by atoms with van der Waals surface area (Å²) in [5, 5.41) is 5.68. The minimum atomic E-state index is -1.78. The number of fused-ring (bicyclic) bond motifs is 6. The number of methoxy groups -OCH3 is 2. The molecular formula is C58H64ClF2N2O9PSi2. The van der Waals surface area contributed by atoms with Crippen LogP contribution in [0, 0.1) is 11.6 Å². The Morgan fingerprint density at radius 1 is 0.560 bits per heavy atom. The second-order valence-corrected chi connectivity index (χ2v) is 34.8. The molecule has 0 amide bonds. The first-order valence-corrected chi connectivity index (χ1v) is 33.7. The molecule has 75 heavy (non-hydrogen) atoms. The molecule has 4 aromatic heterocycles. The van der Waals surface area contributed by atoms with E-state index in [0.717, 1.165) is 17.8 Å². The molecule has 0 radical (unpaired) electrons. The maximum atomic E-state index is 13.9. The normalized spacial score (nSPS) is 11.9. The number of halogens is 3. The monoisotopic (exact) mass is 1090 g/mol. The van der Waals surface area contributed by atoms with Gasteiger partial charge in [0.2, 0.25) is 0 Å². The molecule has 11 nitrogen and oxygen atoms in total. The van der Waals surface area contributed by atoms with Crippen LogP contribution in [0.15, 0.2) is 164 Å². The Labute approximate surface area is 444 Å². The first kappa shape index (κ1) is 58.0. The predicted molar refractivity (Wildman–Crippen MR) is 303 cm³/mol. The quantitative estimate of drug-likeness (QED) is 0.0207. The summed E-state index contributed by atoms with van der Waals surface area (Å²) in [6.07, 6.45) is 4.64. The van der Waals surface area contributed by atoms with E-state index in [-0.39, 0.29) is 42.7 Å². The zero-order valence-electron chi connectivity index (χ0n) is 43.6. The van der Waals surface area contributed by atoms with Crippen molar-refractivity contribution in [2.45, 2.75) is 64.8 Å². The minimum Gasteiger partial charge on any atom is -1.00 e. The van der Waals surface area contributed by atoms with Crippen molar-refractivity contribution in [3.8, 4) is 0 Å². The van der Waals surface area contributed by atoms with Crippen molar-refractivity contribution < 1.29 is 53.8 Å². The number of aromatic nitrogens is 2. The summed E-state index contributed by atoms with van der Waals surface area (Å²) in [6, 6.07) is 45.5. The van der Waals surface area contributed by atoms with Crippen LogP contribution in [-0.4, -0.2) is 65.3 Å². The molecule has 0 N–H and O–H groups in total. The van der Waals surface area contributed by atoms with Gasteiger partial charge in [-0.25, -0.2) is 18.4 Å². The Balaban J connectivity index is 0.000000183. The third-order valence-corrected chi connectivity index (χ3v) is 19.9. The van der Waals surface area contributed by atoms with Gasteiger partial charge >= 0.3 is 11.3 Å². The van der Waals surface area contributed by atoms with Crippen LogP contribution >= 0.6 is 7.26 Å². The van der Waals surface area contributed by atoms with Crippen LogP contribution < -0.4 is 39.6 Å². The molecule has 0 atom stereocenters. The lowest BCUT2D eigenvalue weighted by Crippen LogP contribution is -3.00. The summed E-state index contributed by atoms with van der Waals surface area (Å²) >= 11 is 0. The SMILES string of the molecule is CO/C=C/c1cc2c(=O)oc3ccc(F)cc3c2n1COCC[Si](C)(C)C.COC[P+](c1ccccc1)(c1ccccc1)c1ccccc1.C[Si](C)(C)CCOCn1c(C=O)cc2c(=O)oc3ccc(F)cc3c21.[Cl-]. The summed E-state index contributed by atoms with van der Waals surface area (Å²) in [5.74, 6) is -0.832. The molecule has 0 bridgehead atoms. The van der Waals surface area contributed by atoms with Crippen molar-refractivity contribution in [2.75, 3.05) is 33.8 Å². The largest absolute Gasteiger partial charge is 1.00 e. The number of hydrogen-bond donors (Lipinski definition) is 0. The van der Waals surface area contributed by atoms with Gasteiger partial charge in [-0.2, -0.15) is 0 Å². The zero-order valence-corrected chi connectivity index (χ0v) is 47.3. The summed E-state index contributed by atoms with van der Waals surface area (Å²) in [5.41, 5.74) is 1.69. The maximum Gasteiger partial charge on any atom is 0.345 e. The third-order valence-electron chi connectivity index (χ3n) is 12.3. The highest BCUT2D eigenvalue weighted by molar-refractivity contribution is 7.95. The van der Waals surface area contributed by atoms with Gasteiger partial charge in [-0.1, -0.05) is 93.9 Å². The molecule has 0 aliphatic heterocycles. The zero-order chi connectivity index (χ0) is 53.0. The summed E-state index contributed by atoms with van der Waals surface area (Å²) in [6.45, 7) is 15.2. The number of ether oxygens (including phenoxy) is 4. The number of hydrogen-bond acceptors (Lipinski definition) is 9. The Bertz CT molecular complexity index is 3390. The van der Waals surface area contributed by atoms with Crippen LogP contribution in [0.25, 0.3) is 49.8 Å². The minimum absolute atomic E-state index is 0. The number of carbonyl (C=O) groups excluding carboxylic acids is 1. The Morgan fingerprint density at radius 3 is 1.33 bits per heavy atom. The van der Waals surface area contributed by atoms with E-state index in [2.05, 4.69) is 130 Å². The molecule has 0 saturated carbocycles. The van der Waals surface area contributed by atoms with Crippen LogP contribution in [-0.2, 0) is 32.4 Å². The number of rotatable bonds is 18. The van der Waals surface area contributed by atoms with Gasteiger partial charge in [0, 0.05) is 52.9 Å². The molecule has 5 aromatic carbocycles. The lowest BCUT2D eigenvalue weighted by Gasteiger charge is -2.26. The highest BCUT2D eigenvalue weighted by Gasteiger charge is 2.45. The van der Waals surface area contributed by atoms with E-state index in [1.807, 2.05) is 4.57 Å². The van der Waals surface area contributed by atoms with Gasteiger partial charge in [-0.3, -0.25) is 4.79 Å². The lowest BCUT2D eigenvalue weighted by molar-refractivity contribution is -0.0000260. The molecule has 9 rings (SSSR count). The fourth-order valence-electron chi connectivity index (χ4n) is 8.52. The van der Waals surface area contributed by atoms with Crippen molar-refractivity contribution in [3.05, 3.63) is 190 Å². The Kier molecular flexibility index (Phi) is 20.1. The van der Waals surface area contributed by atoms with Gasteiger partial charge in [0.25, 0.3) is 0 Å². The van der Waals surface area contributed by atoms with Crippen LogP contribution in [0.5, 0.6) is 0 Å². The third kappa shape index (κ3) is 14.2. The fourth-order valence-corrected chi connectivity index (χ4v) is 13.8. The van der Waals surface area contributed by atoms with Gasteiger partial charge in [-0.05, 0) is 103 Å². The van der Waals surface area contributed by atoms with Gasteiger partial charge < -0.3 is 49.3 Å². The summed E-state index contributed by atoms with van der Waals surface area (Å²) in [4.78, 5) is 36.0. The smallest absolute Gasteiger partial charge is 0.345 e. The second-order valence-electron chi connectivity index (χ2n) is 20.2. The van der Waals surface area contributed by atoms with E-state index in [0.29, 0.717) is 64.3 Å². The maximum absolute atomic E-state index is 13.9. The van der Waals surface area contributed by atoms with Crippen molar-refractivity contribution in [1.82, 2.24) is 9.13 Å². The molecule has 0 aliphatic rings. The van der Waals surface area contributed by atoms with Gasteiger partial charge in [0.15, 0.2) is 12.6 Å². The van der Waals surface area contributed by atoms with Crippen LogP contribution in [0.4, 0.5) is 8.78 Å². The molecular weight excluding hydrogens is 1030 g/mol. The van der Waals surface area contributed by atoms with Crippen molar-refractivity contribution in [3.63, 3.8) is 0 Å². The number of benzene rings is 5. The molecule has 394 valence electrons. The molecule has 17 heteroatoms. The lowest BCUT2D eigenvalue weighted by atomic mass is 10.2. The molecule has 9 aromatic rings. The molecule has 4 heterocycles. The molecule has 0 fully saturated rings. The topological polar surface area (TPSA) is 124 Å². The van der Waals surface area contributed by atoms with E-state index in [4.69, 9.17) is 27.8 Å². The fraction of sp³-hybridized carbons (Fsp3) is 0.259. The number of aldehydes is 1. The average Bonchev–Trinajstić information content (AvgIpc) is 3.96. The Hall–Kier alpha value is -6.30. The predicted octanol–water partition coefficient (Wildman–Crippen LogP) is 9.42. The van der Waals surface area contributed by atoms with Gasteiger partial charge in [0.05, 0.1) is 40.9 Å². The molecule has 0 spiro atoms. The number of carbonyl (C=O) groups is 1. The number of nitrogens with zero attached hydrogens (tertiary/aromatic N) is 2. The van der Waals surface area contributed by atoms with E-state index in [1.54, 1.807) is 30.9 Å². The molecule has 0 unspecified atom stereocenters. The van der Waals surface area contributed by atoms with Crippen LogP contribution in [0.1, 0.15) is 16.2 Å². The van der Waals surface area contributed by atoms with E-state index in [9.17, 15) is 23.2 Å². The second kappa shape index (κ2) is 26.0. The van der Waals surface area contributed by atoms with Crippen molar-refractivity contribution >= 4 is 95.4 Å². The highest BCUT2D eigenvalue weighted by atomic mass is 35.5. The summed E-state index contributed by atoms with van der Waals surface area (Å²) in [7, 11) is -0.875. The average molecular weight is 1090 g/mol. The van der Waals surface area contributed by atoms with E-state index < -0.39 is 40.5 Å². The van der Waals surface area contributed by atoms with E-state index in [1.165, 1.54) is 64.6 Å². The highest BCUT2D eigenvalue weighted by Crippen LogP contribution is 2.55. The first-order chi connectivity index (χ1) is 35.5. The Morgan fingerprint density at radius 2 is 0.960 bits per heavy atom. The molecule has 0 aliphatic carbocycles. The van der Waals surface area contributed by atoms with Crippen molar-refractivity contribution in [1.29, 1.82) is 0 Å². The standard InChI is InChI=1S/C20H24FNO4Si.C20H20OP.C18H20FNO4Si.ClH/c1-24-8-7-15-12-17-19(22(15)13-25-9-10-27(2,3)4)16-11-14(21)5-6-18(16)26-20(17)23;1-21-17-22(18-11-5-2-6-12-18,19-13-7-3-8-14-19)20-15-9-4-10-16-20;1-25(2,3)7-6-23-11-20-13(10-21)9-15-17(20)14-8-12(19)4-5-16(14)24-18(15)22;/h5-8,11-12H,9-10,13H2,1-4H3;2-16H,17H2,1H3;4-5,8-10H,6-7,11H2,1-3H3;1H/q;+1;;/p-1/b8-7+;;;.